The molecule has 0 bridgehead atoms. The number of nitrogens with zero attached hydrogens (tertiary/aromatic N) is 14. The zero-order valence-corrected chi connectivity index (χ0v) is 78.0. The molecule has 8 saturated heterocycles. The Morgan fingerprint density at radius 2 is 0.984 bits per heavy atom. The lowest BCUT2D eigenvalue weighted by atomic mass is 9.92. The zero-order valence-electron chi connectivity index (χ0n) is 74.7. The van der Waals surface area contributed by atoms with Gasteiger partial charge in [-0.3, -0.25) is 69.6 Å². The number of anilines is 5. The zero-order chi connectivity index (χ0) is 91.2. The van der Waals surface area contributed by atoms with E-state index in [9.17, 15) is 60.3 Å². The number of carbonyl (C=O) groups excluding carboxylic acids is 7. The number of likely N-dealkylation sites (tertiary alicyclic amines) is 4. The van der Waals surface area contributed by atoms with Crippen molar-refractivity contribution in [3.05, 3.63) is 73.4 Å². The lowest BCUT2D eigenvalue weighted by molar-refractivity contribution is -0.137. The number of amides is 7. The minimum absolute atomic E-state index is 0.00838. The molecular weight excluding hydrogens is 1700 g/mol. The smallest absolute Gasteiger partial charge is 0.396 e. The number of hydrogen-bond donors (Lipinski definition) is 6. The average Bonchev–Trinajstić information content (AvgIpc) is 1.68. The van der Waals surface area contributed by atoms with Crippen molar-refractivity contribution in [3.63, 3.8) is 0 Å². The highest BCUT2D eigenvalue weighted by Crippen LogP contribution is 2.37. The van der Waals surface area contributed by atoms with Gasteiger partial charge in [-0.2, -0.15) is 13.2 Å². The Bertz CT molecular complexity index is 4670. The molecule has 8 aliphatic rings. The SMILES string of the molecule is CC(C)(C)c1cc(NC(=O)[C@@H]2CCC(=O)N2c2ccc(C(F)(F)F)cc2)on1.CC(C)(C)c1cc(NC(=O)[C@@H]2C[C@H](O)CN2CC2CCOCC2)on1.CC(C)(C)c1nnc(CC(=O)[C@@H]2CCCN2C(=O)N2CCS(=O)(=O)CC2)s1.CC(C)(C)c1nnc(NC(=O)[C@@H]2CCCN2CC2CCOCC2)s1.CC(C)(C)c1nnc(NC(=O)[C@@H]2CCCN2CCCO)s1. The van der Waals surface area contributed by atoms with Crippen LogP contribution in [0.4, 0.5) is 45.7 Å². The molecule has 40 heteroatoms. The monoisotopic (exact) mass is 1820 g/mol. The minimum atomic E-state index is -4.47. The van der Waals surface area contributed by atoms with Gasteiger partial charge in [0.15, 0.2) is 15.6 Å². The van der Waals surface area contributed by atoms with Crippen LogP contribution in [0.25, 0.3) is 0 Å². The van der Waals surface area contributed by atoms with Crippen LogP contribution in [-0.2, 0) is 87.8 Å². The number of carbonyl (C=O) groups is 7. The summed E-state index contributed by atoms with van der Waals surface area (Å²) in [4.78, 5) is 99.2. The van der Waals surface area contributed by atoms with E-state index < -0.39 is 45.7 Å². The standard InChI is InChI=1S/C19H20F3N3O3.C18H29N3O4.C17H26N4O4S2.C17H28N4O2S.C14H24N4O2S/c1-18(2,3)14-10-15(28-24-14)23-17(27)13-8-9-16(26)25(13)12-6-4-11(5-7-12)19(20,21)22;1-18(2,3)15-9-16(25-20-15)19-17(23)14-8-13(22)11-21(14)10-12-4-6-24-7-5-12;1-17(2,3)15-19-18-14(26-15)11-13(22)12-5-4-6-21(12)16(23)20-7-9-27(24,25)10-8-20;1-17(2,3)15-19-20-16(24-15)18-14(22)13-5-4-8-21(13)11-12-6-9-23-10-7-12;1-14(2,3)12-16-17-13(21-12)15-11(20)10-6-4-7-18(10)8-5-9-19/h4-7,10,13H,8-9H2,1-3H3,(H,23,27);9,12-14,22H,4-8,10-11H2,1-3H3,(H,19,23);12H,4-11H2,1-3H3;12-13H,4-11H2,1-3H3,(H,18,20,22);10,19H,4-9H2,1-3H3,(H,15,17,20)/t13-;13-,14-;12-;13-;10-/m00000/s1. The van der Waals surface area contributed by atoms with Gasteiger partial charge in [0.25, 0.3) is 0 Å². The van der Waals surface area contributed by atoms with E-state index >= 15 is 0 Å². The first kappa shape index (κ1) is 99.2. The highest BCUT2D eigenvalue weighted by molar-refractivity contribution is 7.91. The molecule has 14 rings (SSSR count). The predicted molar refractivity (Wildman–Crippen MR) is 471 cm³/mol. The Balaban J connectivity index is 0.000000164. The molecule has 0 unspecified atom stereocenters. The van der Waals surface area contributed by atoms with E-state index in [0.29, 0.717) is 71.0 Å². The normalized spacial score (nSPS) is 22.0. The number of halogens is 3. The van der Waals surface area contributed by atoms with Crippen LogP contribution < -0.4 is 26.2 Å². The number of β-amino-alcohol motifs (C(OH)–C–C–N with tert-alkyl or cyclic N) is 1. The summed E-state index contributed by atoms with van der Waals surface area (Å²) in [5, 5.41) is 67.7. The number of sulfone groups is 1. The maximum atomic E-state index is 12.8. The Morgan fingerprint density at radius 3 is 1.46 bits per heavy atom. The van der Waals surface area contributed by atoms with E-state index in [4.69, 9.17) is 23.6 Å². The van der Waals surface area contributed by atoms with Gasteiger partial charge in [0.1, 0.15) is 26.1 Å². The number of Topliss-reactive ketones (excluding diaryl/α,β-unsaturated/α-hetero) is 1. The van der Waals surface area contributed by atoms with Gasteiger partial charge in [-0.15, -0.1) is 41.9 Å². The lowest BCUT2D eigenvalue weighted by Gasteiger charge is -2.33. The molecule has 8 aliphatic heterocycles. The number of hydrogen-bond acceptors (Lipinski definition) is 29. The molecule has 8 fully saturated rings. The van der Waals surface area contributed by atoms with Crippen molar-refractivity contribution in [1.82, 2.24) is 65.4 Å². The van der Waals surface area contributed by atoms with E-state index in [1.54, 1.807) is 21.9 Å². The number of aliphatic hydroxyl groups is 2. The first-order chi connectivity index (χ1) is 58.7. The Morgan fingerprint density at radius 1 is 0.528 bits per heavy atom. The molecule has 0 aliphatic carbocycles. The van der Waals surface area contributed by atoms with Crippen LogP contribution in [0.15, 0.2) is 45.4 Å². The molecule has 0 radical (unpaired) electrons. The van der Waals surface area contributed by atoms with Crippen molar-refractivity contribution in [2.45, 2.75) is 270 Å². The summed E-state index contributed by atoms with van der Waals surface area (Å²) < 4.78 is 82.6. The van der Waals surface area contributed by atoms with Crippen LogP contribution in [0.2, 0.25) is 0 Å². The summed E-state index contributed by atoms with van der Waals surface area (Å²) in [7, 11) is -3.05. The molecule has 1 aromatic carbocycles. The molecule has 6 N–H and O–H groups in total. The second-order valence-electron chi connectivity index (χ2n) is 38.4. The topological polar surface area (TPSA) is 410 Å². The maximum Gasteiger partial charge on any atom is 0.416 e. The third-order valence-corrected chi connectivity index (χ3v) is 28.3. The summed E-state index contributed by atoms with van der Waals surface area (Å²) in [6, 6.07) is 5.54. The summed E-state index contributed by atoms with van der Waals surface area (Å²) in [6.07, 6.45) is 6.34. The summed E-state index contributed by atoms with van der Waals surface area (Å²) in [5.74, 6) is 0.755. The van der Waals surface area contributed by atoms with E-state index in [1.807, 2.05) is 41.5 Å². The van der Waals surface area contributed by atoms with Crippen molar-refractivity contribution >= 4 is 113 Å². The third-order valence-electron chi connectivity index (χ3n) is 22.8. The molecule has 7 amide bonds. The Labute approximate surface area is 742 Å². The predicted octanol–water partition coefficient (Wildman–Crippen LogP) is 11.4. The molecule has 125 heavy (non-hydrogen) atoms. The second kappa shape index (κ2) is 43.0. The van der Waals surface area contributed by atoms with Crippen molar-refractivity contribution in [3.8, 4) is 0 Å². The Hall–Kier alpha value is -7.93. The minimum Gasteiger partial charge on any atom is -0.396 e. The molecule has 33 nitrogen and oxygen atoms in total. The number of alkyl halides is 3. The van der Waals surface area contributed by atoms with Crippen LogP contribution >= 0.6 is 34.0 Å². The van der Waals surface area contributed by atoms with Gasteiger partial charge >= 0.3 is 12.2 Å². The van der Waals surface area contributed by atoms with E-state index in [-0.39, 0.29) is 143 Å². The van der Waals surface area contributed by atoms with E-state index in [0.717, 1.165) is 150 Å². The molecule has 0 saturated carbocycles. The van der Waals surface area contributed by atoms with Gasteiger partial charge in [-0.05, 0) is 133 Å². The number of aliphatic hydroxyl groups excluding tert-OH is 2. The number of urea groups is 1. The number of benzene rings is 1. The quantitative estimate of drug-likeness (QED) is 0.0438. The van der Waals surface area contributed by atoms with Crippen molar-refractivity contribution in [2.24, 2.45) is 11.8 Å². The van der Waals surface area contributed by atoms with Gasteiger partial charge in [0.05, 0.1) is 65.1 Å². The van der Waals surface area contributed by atoms with E-state index in [2.05, 4.69) is 139 Å². The van der Waals surface area contributed by atoms with Crippen molar-refractivity contribution < 1.29 is 83.9 Å². The van der Waals surface area contributed by atoms with Crippen LogP contribution in [0.1, 0.15) is 231 Å². The summed E-state index contributed by atoms with van der Waals surface area (Å²) in [6.45, 7) is 40.1. The molecule has 5 aromatic heterocycles. The lowest BCUT2D eigenvalue weighted by Crippen LogP contribution is -2.52. The number of nitrogens with one attached hydrogen (secondary N) is 4. The number of ketones is 1. The average molecular weight is 1830 g/mol. The fraction of sp³-hybridized carbons (Fsp3) is 0.706. The van der Waals surface area contributed by atoms with Gasteiger partial charge < -0.3 is 38.5 Å². The fourth-order valence-corrected chi connectivity index (χ4v) is 19.3. The van der Waals surface area contributed by atoms with Crippen LogP contribution in [0.5, 0.6) is 0 Å². The summed E-state index contributed by atoms with van der Waals surface area (Å²) in [5.41, 5.74) is 0.280. The highest BCUT2D eigenvalue weighted by atomic mass is 32.2. The molecule has 13 heterocycles. The highest BCUT2D eigenvalue weighted by Gasteiger charge is 2.43. The number of aromatic nitrogens is 8. The van der Waals surface area contributed by atoms with Gasteiger partial charge in [-0.25, -0.2) is 13.2 Å². The third kappa shape index (κ3) is 28.5. The maximum absolute atomic E-state index is 12.8. The van der Waals surface area contributed by atoms with Crippen LogP contribution in [-0.4, -0.2) is 265 Å². The van der Waals surface area contributed by atoms with E-state index in [1.165, 1.54) is 51.0 Å². The number of rotatable bonds is 19. The van der Waals surface area contributed by atoms with Crippen LogP contribution in [0, 0.1) is 11.8 Å². The van der Waals surface area contributed by atoms with Crippen LogP contribution in [0.3, 0.4) is 0 Å². The molecule has 692 valence electrons. The van der Waals surface area contributed by atoms with Gasteiger partial charge in [0, 0.05) is 130 Å². The molecule has 0 spiro atoms. The van der Waals surface area contributed by atoms with Crippen molar-refractivity contribution in [1.29, 1.82) is 0 Å². The van der Waals surface area contributed by atoms with Crippen molar-refractivity contribution in [2.75, 3.05) is 130 Å². The first-order valence-corrected chi connectivity index (χ1v) is 47.6. The van der Waals surface area contributed by atoms with Gasteiger partial charge in [0.2, 0.25) is 51.6 Å². The fourth-order valence-electron chi connectivity index (χ4n) is 15.6. The molecule has 6 aromatic rings. The molecular formula is C85H127F3N18O15S4. The Kier molecular flexibility index (Phi) is 34.1. The van der Waals surface area contributed by atoms with Gasteiger partial charge in [-0.1, -0.05) is 137 Å². The second-order valence-corrected chi connectivity index (χ2v) is 43.7. The molecule has 6 atom stereocenters. The largest absolute Gasteiger partial charge is 0.416 e. The first-order valence-electron chi connectivity index (χ1n) is 43.3. The summed E-state index contributed by atoms with van der Waals surface area (Å²) >= 11 is 4.35. The number of ether oxygens (including phenoxy) is 2.